The van der Waals surface area contributed by atoms with Crippen LogP contribution in [0.4, 0.5) is 0 Å². The molecule has 144 valence electrons. The Morgan fingerprint density at radius 2 is 1.85 bits per heavy atom. The van der Waals surface area contributed by atoms with E-state index in [0.29, 0.717) is 10.9 Å². The summed E-state index contributed by atoms with van der Waals surface area (Å²) in [5.41, 5.74) is 0.0818. The monoisotopic (exact) mass is 375 g/mol. The lowest BCUT2D eigenvalue weighted by molar-refractivity contribution is -0.143. The molecule has 0 fully saturated rings. The molecule has 1 heterocycles. The van der Waals surface area contributed by atoms with Crippen molar-refractivity contribution >= 4 is 28.7 Å². The molecule has 0 bridgehead atoms. The maximum atomic E-state index is 12.8. The molecule has 2 unspecified atom stereocenters. The Balaban J connectivity index is 2.35. The molecular weight excluding hydrogens is 354 g/mol. The second kappa shape index (κ2) is 8.43. The van der Waals surface area contributed by atoms with Crippen molar-refractivity contribution in [3.8, 4) is 0 Å². The molecule has 0 aliphatic rings. The summed E-state index contributed by atoms with van der Waals surface area (Å²) in [7, 11) is 0. The predicted molar refractivity (Wildman–Crippen MR) is 96.3 cm³/mol. The van der Waals surface area contributed by atoms with Gasteiger partial charge in [0.05, 0.1) is 17.2 Å². The number of benzene rings is 1. The number of carbonyl (C=O) groups excluding carboxylic acids is 1. The van der Waals surface area contributed by atoms with Gasteiger partial charge in [-0.15, -0.1) is 0 Å². The number of nitrogens with zero attached hydrogens (tertiary/aromatic N) is 2. The molecule has 1 amide bonds. The zero-order valence-electron chi connectivity index (χ0n) is 15.0. The minimum atomic E-state index is -1.36. The Hall–Kier alpha value is -3.23. The fourth-order valence-corrected chi connectivity index (χ4v) is 2.81. The maximum Gasteiger partial charge on any atom is 0.326 e. The normalized spacial score (nSPS) is 13.3. The van der Waals surface area contributed by atoms with Crippen molar-refractivity contribution in [2.45, 2.75) is 38.8 Å². The quantitative estimate of drug-likeness (QED) is 0.626. The SMILES string of the molecule is CC(C)C(C(=O)NC(CCC(=O)O)C(=O)O)n1cnc2ccccc2c1=O. The van der Waals surface area contributed by atoms with E-state index in [4.69, 9.17) is 5.11 Å². The average Bonchev–Trinajstić information content (AvgIpc) is 2.60. The first-order valence-corrected chi connectivity index (χ1v) is 8.43. The number of rotatable bonds is 8. The molecule has 1 aromatic carbocycles. The van der Waals surface area contributed by atoms with E-state index < -0.39 is 41.9 Å². The van der Waals surface area contributed by atoms with E-state index in [1.54, 1.807) is 38.1 Å². The van der Waals surface area contributed by atoms with Gasteiger partial charge < -0.3 is 15.5 Å². The van der Waals surface area contributed by atoms with Gasteiger partial charge >= 0.3 is 11.9 Å². The van der Waals surface area contributed by atoms with Crippen LogP contribution < -0.4 is 10.9 Å². The summed E-state index contributed by atoms with van der Waals surface area (Å²) in [4.78, 5) is 51.7. The number of para-hydroxylation sites is 1. The highest BCUT2D eigenvalue weighted by atomic mass is 16.4. The van der Waals surface area contributed by atoms with E-state index >= 15 is 0 Å². The highest BCUT2D eigenvalue weighted by molar-refractivity contribution is 5.87. The smallest absolute Gasteiger partial charge is 0.326 e. The van der Waals surface area contributed by atoms with Crippen LogP contribution in [0.15, 0.2) is 35.4 Å². The van der Waals surface area contributed by atoms with Gasteiger partial charge in [0.15, 0.2) is 0 Å². The zero-order valence-corrected chi connectivity index (χ0v) is 15.0. The molecule has 2 atom stereocenters. The molecule has 9 nitrogen and oxygen atoms in total. The van der Waals surface area contributed by atoms with Crippen molar-refractivity contribution in [2.24, 2.45) is 5.92 Å². The molecule has 2 aromatic rings. The summed E-state index contributed by atoms with van der Waals surface area (Å²) >= 11 is 0. The summed E-state index contributed by atoms with van der Waals surface area (Å²) < 4.78 is 1.18. The van der Waals surface area contributed by atoms with E-state index in [2.05, 4.69) is 10.3 Å². The zero-order chi connectivity index (χ0) is 20.1. The number of carbonyl (C=O) groups is 3. The standard InChI is InChI=1S/C18H21N3O6/c1-10(2)15(16(24)20-13(18(26)27)7-8-14(22)23)21-9-19-12-6-4-3-5-11(12)17(21)25/h3-6,9-10,13,15H,7-8H2,1-2H3,(H,20,24)(H,22,23)(H,26,27). The van der Waals surface area contributed by atoms with Gasteiger partial charge in [0, 0.05) is 6.42 Å². The third kappa shape index (κ3) is 4.69. The molecule has 3 N–H and O–H groups in total. The predicted octanol–water partition coefficient (Wildman–Crippen LogP) is 1.03. The molecule has 0 aliphatic carbocycles. The summed E-state index contributed by atoms with van der Waals surface area (Å²) in [6.45, 7) is 3.44. The molecule has 0 aliphatic heterocycles. The van der Waals surface area contributed by atoms with Crippen molar-refractivity contribution in [2.75, 3.05) is 0 Å². The minimum absolute atomic E-state index is 0.258. The van der Waals surface area contributed by atoms with Gasteiger partial charge in [-0.25, -0.2) is 9.78 Å². The van der Waals surface area contributed by atoms with Crippen molar-refractivity contribution in [3.63, 3.8) is 0 Å². The van der Waals surface area contributed by atoms with Crippen LogP contribution in [0, 0.1) is 5.92 Å². The topological polar surface area (TPSA) is 139 Å². The molecule has 1 aromatic heterocycles. The second-order valence-corrected chi connectivity index (χ2v) is 6.49. The largest absolute Gasteiger partial charge is 0.481 e. The summed E-state index contributed by atoms with van der Waals surface area (Å²) in [5.74, 6) is -3.51. The van der Waals surface area contributed by atoms with Crippen LogP contribution >= 0.6 is 0 Å². The lowest BCUT2D eigenvalue weighted by Gasteiger charge is -2.24. The minimum Gasteiger partial charge on any atom is -0.481 e. The lowest BCUT2D eigenvalue weighted by Crippen LogP contribution is -2.47. The van der Waals surface area contributed by atoms with Crippen LogP contribution in [0.2, 0.25) is 0 Å². The third-order valence-corrected chi connectivity index (χ3v) is 4.15. The Kier molecular flexibility index (Phi) is 6.27. The number of amides is 1. The summed E-state index contributed by atoms with van der Waals surface area (Å²) in [5, 5.41) is 20.6. The van der Waals surface area contributed by atoms with Gasteiger partial charge in [-0.2, -0.15) is 0 Å². The van der Waals surface area contributed by atoms with Crippen molar-refractivity contribution in [1.82, 2.24) is 14.9 Å². The Morgan fingerprint density at radius 3 is 2.44 bits per heavy atom. The Labute approximate surface area is 154 Å². The first-order chi connectivity index (χ1) is 12.7. The van der Waals surface area contributed by atoms with Crippen LogP contribution in [0.5, 0.6) is 0 Å². The third-order valence-electron chi connectivity index (χ3n) is 4.15. The molecule has 0 radical (unpaired) electrons. The van der Waals surface area contributed by atoms with Crippen LogP contribution in [0.25, 0.3) is 10.9 Å². The number of aromatic nitrogens is 2. The average molecular weight is 375 g/mol. The summed E-state index contributed by atoms with van der Waals surface area (Å²) in [6, 6.07) is 4.36. The van der Waals surface area contributed by atoms with E-state index in [1.165, 1.54) is 10.9 Å². The number of carboxylic acids is 2. The number of carboxylic acid groups (broad SMARTS) is 2. The van der Waals surface area contributed by atoms with E-state index in [-0.39, 0.29) is 12.3 Å². The molecule has 27 heavy (non-hydrogen) atoms. The Morgan fingerprint density at radius 1 is 1.19 bits per heavy atom. The van der Waals surface area contributed by atoms with Gasteiger partial charge in [0.25, 0.3) is 5.56 Å². The van der Waals surface area contributed by atoms with E-state index in [0.717, 1.165) is 0 Å². The van der Waals surface area contributed by atoms with Crippen molar-refractivity contribution in [1.29, 1.82) is 0 Å². The fraction of sp³-hybridized carbons (Fsp3) is 0.389. The maximum absolute atomic E-state index is 12.8. The number of aliphatic carboxylic acids is 2. The van der Waals surface area contributed by atoms with E-state index in [1.807, 2.05) is 0 Å². The Bertz CT molecular complexity index is 921. The molecule has 0 saturated heterocycles. The molecule has 2 rings (SSSR count). The number of hydrogen-bond acceptors (Lipinski definition) is 5. The van der Waals surface area contributed by atoms with Crippen LogP contribution in [0.1, 0.15) is 32.7 Å². The molecule has 0 saturated carbocycles. The van der Waals surface area contributed by atoms with Gasteiger partial charge in [0.1, 0.15) is 12.1 Å². The molecule has 0 spiro atoms. The summed E-state index contributed by atoms with van der Waals surface area (Å²) in [6.07, 6.45) is 0.606. The van der Waals surface area contributed by atoms with Gasteiger partial charge in [-0.3, -0.25) is 19.0 Å². The van der Waals surface area contributed by atoms with Crippen molar-refractivity contribution in [3.05, 3.63) is 40.9 Å². The van der Waals surface area contributed by atoms with Crippen LogP contribution in [-0.4, -0.2) is 43.7 Å². The van der Waals surface area contributed by atoms with Gasteiger partial charge in [-0.05, 0) is 24.5 Å². The van der Waals surface area contributed by atoms with Crippen molar-refractivity contribution < 1.29 is 24.6 Å². The number of nitrogens with one attached hydrogen (secondary N) is 1. The molecular formula is C18H21N3O6. The van der Waals surface area contributed by atoms with Crippen LogP contribution in [-0.2, 0) is 14.4 Å². The van der Waals surface area contributed by atoms with Crippen LogP contribution in [0.3, 0.4) is 0 Å². The number of fused-ring (bicyclic) bond motifs is 1. The molecule has 9 heteroatoms. The second-order valence-electron chi connectivity index (χ2n) is 6.49. The number of hydrogen-bond donors (Lipinski definition) is 3. The lowest BCUT2D eigenvalue weighted by atomic mass is 10.0. The van der Waals surface area contributed by atoms with Gasteiger partial charge in [0.2, 0.25) is 5.91 Å². The highest BCUT2D eigenvalue weighted by Gasteiger charge is 2.30. The van der Waals surface area contributed by atoms with E-state index in [9.17, 15) is 24.3 Å². The fourth-order valence-electron chi connectivity index (χ4n) is 2.81. The first kappa shape index (κ1) is 20.1. The van der Waals surface area contributed by atoms with Gasteiger partial charge in [-0.1, -0.05) is 26.0 Å². The highest BCUT2D eigenvalue weighted by Crippen LogP contribution is 2.18. The first-order valence-electron chi connectivity index (χ1n) is 8.43.